The standard InChI is InChI=1S/C30H39N3O5/c1-8-36-29(35)30(6,7)38-27-20(3)15-23(16-21(27)4)17-33(18-26(31)34)14-13-25-22(5)37-28(32-25)24-11-9-19(2)10-12-24/h9-12,15-16H,8,13-14,17-18H2,1-7H3,(H2,31,34). The van der Waals surface area contributed by atoms with E-state index in [0.717, 1.165) is 33.7 Å². The summed E-state index contributed by atoms with van der Waals surface area (Å²) in [5, 5.41) is 0. The molecule has 0 fully saturated rings. The number of carbonyl (C=O) groups excluding carboxylic acids is 2. The van der Waals surface area contributed by atoms with Crippen molar-refractivity contribution in [2.45, 2.75) is 67.0 Å². The summed E-state index contributed by atoms with van der Waals surface area (Å²) in [4.78, 5) is 30.8. The summed E-state index contributed by atoms with van der Waals surface area (Å²) in [6.07, 6.45) is 0.612. The van der Waals surface area contributed by atoms with E-state index < -0.39 is 17.5 Å². The van der Waals surface area contributed by atoms with Crippen LogP contribution in [0, 0.1) is 27.7 Å². The average molecular weight is 522 g/mol. The molecule has 1 heterocycles. The molecule has 0 spiro atoms. The number of hydrogen-bond acceptors (Lipinski definition) is 7. The summed E-state index contributed by atoms with van der Waals surface area (Å²) in [7, 11) is 0. The van der Waals surface area contributed by atoms with Gasteiger partial charge >= 0.3 is 5.97 Å². The smallest absolute Gasteiger partial charge is 0.349 e. The summed E-state index contributed by atoms with van der Waals surface area (Å²) >= 11 is 0. The second-order valence-electron chi connectivity index (χ2n) is 10.2. The number of nitrogens with zero attached hydrogens (tertiary/aromatic N) is 2. The van der Waals surface area contributed by atoms with Crippen LogP contribution >= 0.6 is 0 Å². The summed E-state index contributed by atoms with van der Waals surface area (Å²) in [5.74, 6) is 1.19. The van der Waals surface area contributed by atoms with E-state index >= 15 is 0 Å². The third-order valence-corrected chi connectivity index (χ3v) is 6.29. The van der Waals surface area contributed by atoms with Crippen LogP contribution < -0.4 is 10.5 Å². The van der Waals surface area contributed by atoms with E-state index in [1.807, 2.05) is 69.0 Å². The van der Waals surface area contributed by atoms with E-state index in [1.165, 1.54) is 5.56 Å². The second-order valence-corrected chi connectivity index (χ2v) is 10.2. The summed E-state index contributed by atoms with van der Waals surface area (Å²) in [6, 6.07) is 12.1. The van der Waals surface area contributed by atoms with Crippen molar-refractivity contribution in [2.75, 3.05) is 19.7 Å². The fourth-order valence-electron chi connectivity index (χ4n) is 4.33. The molecular weight excluding hydrogens is 482 g/mol. The Hall–Kier alpha value is -3.65. The van der Waals surface area contributed by atoms with Gasteiger partial charge in [-0.15, -0.1) is 0 Å². The molecule has 1 aromatic heterocycles. The minimum Gasteiger partial charge on any atom is -0.476 e. The van der Waals surface area contributed by atoms with Crippen molar-refractivity contribution in [1.29, 1.82) is 0 Å². The number of primary amides is 1. The Labute approximate surface area is 225 Å². The summed E-state index contributed by atoms with van der Waals surface area (Å²) in [6.45, 7) is 14.5. The van der Waals surface area contributed by atoms with Gasteiger partial charge in [-0.1, -0.05) is 29.8 Å². The third kappa shape index (κ3) is 7.44. The zero-order valence-corrected chi connectivity index (χ0v) is 23.5. The van der Waals surface area contributed by atoms with Crippen LogP contribution in [0.4, 0.5) is 0 Å². The van der Waals surface area contributed by atoms with Crippen molar-refractivity contribution in [3.05, 3.63) is 70.1 Å². The predicted octanol–water partition coefficient (Wildman–Crippen LogP) is 4.83. The zero-order valence-electron chi connectivity index (χ0n) is 23.5. The third-order valence-electron chi connectivity index (χ3n) is 6.29. The Morgan fingerprint density at radius 3 is 2.26 bits per heavy atom. The van der Waals surface area contributed by atoms with E-state index in [4.69, 9.17) is 24.6 Å². The van der Waals surface area contributed by atoms with Gasteiger partial charge in [-0.2, -0.15) is 0 Å². The van der Waals surface area contributed by atoms with E-state index in [0.29, 0.717) is 37.8 Å². The van der Waals surface area contributed by atoms with E-state index in [9.17, 15) is 9.59 Å². The topological polar surface area (TPSA) is 108 Å². The Morgan fingerprint density at radius 1 is 1.05 bits per heavy atom. The molecule has 8 nitrogen and oxygen atoms in total. The molecule has 3 rings (SSSR count). The highest BCUT2D eigenvalue weighted by molar-refractivity contribution is 5.79. The van der Waals surface area contributed by atoms with Gasteiger partial charge < -0.3 is 19.6 Å². The lowest BCUT2D eigenvalue weighted by Crippen LogP contribution is -2.40. The quantitative estimate of drug-likeness (QED) is 0.340. The molecule has 0 unspecified atom stereocenters. The SMILES string of the molecule is CCOC(=O)C(C)(C)Oc1c(C)cc(CN(CCc2nc(-c3ccc(C)cc3)oc2C)CC(N)=O)cc1C. The average Bonchev–Trinajstić information content (AvgIpc) is 3.20. The predicted molar refractivity (Wildman–Crippen MR) is 147 cm³/mol. The highest BCUT2D eigenvalue weighted by atomic mass is 16.6. The highest BCUT2D eigenvalue weighted by Crippen LogP contribution is 2.30. The molecule has 38 heavy (non-hydrogen) atoms. The minimum atomic E-state index is -1.11. The Balaban J connectivity index is 1.74. The van der Waals surface area contributed by atoms with Crippen molar-refractivity contribution in [2.24, 2.45) is 5.73 Å². The number of aryl methyl sites for hydroxylation is 4. The molecule has 0 bridgehead atoms. The first-order valence-electron chi connectivity index (χ1n) is 12.9. The first kappa shape index (κ1) is 28.9. The monoisotopic (exact) mass is 521 g/mol. The number of ether oxygens (including phenoxy) is 2. The van der Waals surface area contributed by atoms with Gasteiger partial charge in [0.15, 0.2) is 5.60 Å². The molecule has 2 N–H and O–H groups in total. The number of nitrogens with two attached hydrogens (primary N) is 1. The molecule has 0 saturated heterocycles. The van der Waals surface area contributed by atoms with Crippen molar-refractivity contribution in [3.8, 4) is 17.2 Å². The molecule has 2 aromatic carbocycles. The van der Waals surface area contributed by atoms with Crippen molar-refractivity contribution >= 4 is 11.9 Å². The zero-order chi connectivity index (χ0) is 28.0. The Kier molecular flexibility index (Phi) is 9.33. The van der Waals surface area contributed by atoms with Gasteiger partial charge in [0, 0.05) is 25.1 Å². The molecule has 0 aliphatic heterocycles. The van der Waals surface area contributed by atoms with Gasteiger partial charge in [0.1, 0.15) is 11.5 Å². The molecule has 0 saturated carbocycles. The molecule has 0 aliphatic carbocycles. The first-order chi connectivity index (χ1) is 17.9. The number of amides is 1. The van der Waals surface area contributed by atoms with Crippen LogP contribution in [-0.2, 0) is 27.3 Å². The summed E-state index contributed by atoms with van der Waals surface area (Å²) in [5.41, 5.74) is 10.2. The van der Waals surface area contributed by atoms with E-state index in [-0.39, 0.29) is 6.54 Å². The van der Waals surface area contributed by atoms with Crippen LogP contribution in [0.25, 0.3) is 11.5 Å². The number of oxazole rings is 1. The highest BCUT2D eigenvalue weighted by Gasteiger charge is 2.32. The largest absolute Gasteiger partial charge is 0.476 e. The van der Waals surface area contributed by atoms with Gasteiger partial charge in [-0.25, -0.2) is 9.78 Å². The normalized spacial score (nSPS) is 11.6. The van der Waals surface area contributed by atoms with E-state index in [2.05, 4.69) is 0 Å². The number of carbonyl (C=O) groups is 2. The van der Waals surface area contributed by atoms with Crippen LogP contribution in [0.1, 0.15) is 54.5 Å². The fourth-order valence-corrected chi connectivity index (χ4v) is 4.33. The number of hydrogen-bond donors (Lipinski definition) is 1. The first-order valence-corrected chi connectivity index (χ1v) is 12.9. The van der Waals surface area contributed by atoms with Crippen LogP contribution in [0.15, 0.2) is 40.8 Å². The van der Waals surface area contributed by atoms with Gasteiger partial charge in [-0.3, -0.25) is 9.69 Å². The molecule has 8 heteroatoms. The van der Waals surface area contributed by atoms with Gasteiger partial charge in [0.05, 0.1) is 18.8 Å². The number of rotatable bonds is 12. The maximum absolute atomic E-state index is 12.3. The minimum absolute atomic E-state index is 0.119. The molecule has 0 aliphatic rings. The maximum atomic E-state index is 12.3. The molecule has 204 valence electrons. The lowest BCUT2D eigenvalue weighted by atomic mass is 10.0. The number of esters is 1. The van der Waals surface area contributed by atoms with Crippen molar-refractivity contribution < 1.29 is 23.5 Å². The molecule has 0 radical (unpaired) electrons. The van der Waals surface area contributed by atoms with Crippen LogP contribution in [0.2, 0.25) is 0 Å². The molecule has 3 aromatic rings. The van der Waals surface area contributed by atoms with Gasteiger partial charge in [-0.05, 0) is 77.3 Å². The lowest BCUT2D eigenvalue weighted by molar-refractivity contribution is -0.158. The van der Waals surface area contributed by atoms with E-state index in [1.54, 1.807) is 20.8 Å². The van der Waals surface area contributed by atoms with Crippen molar-refractivity contribution in [3.63, 3.8) is 0 Å². The molecule has 1 amide bonds. The van der Waals surface area contributed by atoms with Crippen LogP contribution in [0.3, 0.4) is 0 Å². The molecular formula is C30H39N3O5. The van der Waals surface area contributed by atoms with Gasteiger partial charge in [0.25, 0.3) is 0 Å². The number of benzene rings is 2. The fraction of sp³-hybridized carbons (Fsp3) is 0.433. The van der Waals surface area contributed by atoms with Crippen molar-refractivity contribution in [1.82, 2.24) is 9.88 Å². The summed E-state index contributed by atoms with van der Waals surface area (Å²) < 4.78 is 17.2. The molecule has 0 atom stereocenters. The van der Waals surface area contributed by atoms with Gasteiger partial charge in [0.2, 0.25) is 11.8 Å². The second kappa shape index (κ2) is 12.3. The van der Waals surface area contributed by atoms with Crippen LogP contribution in [0.5, 0.6) is 5.75 Å². The number of aromatic nitrogens is 1. The van der Waals surface area contributed by atoms with Crippen LogP contribution in [-0.4, -0.2) is 47.1 Å². The maximum Gasteiger partial charge on any atom is 0.349 e. The Bertz CT molecular complexity index is 1250. The Morgan fingerprint density at radius 2 is 1.68 bits per heavy atom. The lowest BCUT2D eigenvalue weighted by Gasteiger charge is -2.27.